The van der Waals surface area contributed by atoms with Crippen LogP contribution in [0, 0.1) is 0 Å². The van der Waals surface area contributed by atoms with Crippen molar-refractivity contribution in [1.29, 1.82) is 0 Å². The SMILES string of the molecule is CC(=O)c1nsc(N2CCOCC2)c1Cl. The second-order valence-electron chi connectivity index (χ2n) is 3.31. The maximum atomic E-state index is 11.2. The van der Waals surface area contributed by atoms with E-state index >= 15 is 0 Å². The van der Waals surface area contributed by atoms with E-state index in [9.17, 15) is 4.79 Å². The fourth-order valence-electron chi connectivity index (χ4n) is 1.45. The molecule has 1 aromatic rings. The van der Waals surface area contributed by atoms with Gasteiger partial charge in [-0.1, -0.05) is 11.6 Å². The average molecular weight is 247 g/mol. The van der Waals surface area contributed by atoms with E-state index in [1.165, 1.54) is 18.5 Å². The largest absolute Gasteiger partial charge is 0.378 e. The van der Waals surface area contributed by atoms with Crippen LogP contribution in [0.1, 0.15) is 17.4 Å². The van der Waals surface area contributed by atoms with Gasteiger partial charge in [0.1, 0.15) is 15.7 Å². The van der Waals surface area contributed by atoms with Gasteiger partial charge in [-0.15, -0.1) is 0 Å². The summed E-state index contributed by atoms with van der Waals surface area (Å²) in [7, 11) is 0. The van der Waals surface area contributed by atoms with Crippen LogP contribution in [0.15, 0.2) is 0 Å². The van der Waals surface area contributed by atoms with Gasteiger partial charge < -0.3 is 9.64 Å². The summed E-state index contributed by atoms with van der Waals surface area (Å²) in [6, 6.07) is 0. The van der Waals surface area contributed by atoms with Gasteiger partial charge >= 0.3 is 0 Å². The van der Waals surface area contributed by atoms with Gasteiger partial charge in [-0.05, 0) is 11.5 Å². The predicted octanol–water partition coefficient (Wildman–Crippen LogP) is 1.84. The van der Waals surface area contributed by atoms with E-state index in [2.05, 4.69) is 9.27 Å². The Morgan fingerprint density at radius 2 is 2.20 bits per heavy atom. The second kappa shape index (κ2) is 4.47. The first kappa shape index (κ1) is 10.9. The third-order valence-electron chi connectivity index (χ3n) is 2.25. The molecule has 1 aromatic heterocycles. The summed E-state index contributed by atoms with van der Waals surface area (Å²) >= 11 is 7.38. The van der Waals surface area contributed by atoms with E-state index in [1.54, 1.807) is 0 Å². The molecule has 2 heterocycles. The Hall–Kier alpha value is -0.650. The van der Waals surface area contributed by atoms with Crippen molar-refractivity contribution < 1.29 is 9.53 Å². The third-order valence-corrected chi connectivity index (χ3v) is 3.63. The Balaban J connectivity index is 2.24. The molecule has 0 aromatic carbocycles. The molecular weight excluding hydrogens is 236 g/mol. The molecular formula is C9H11ClN2O2S. The van der Waals surface area contributed by atoms with Gasteiger partial charge in [0.2, 0.25) is 0 Å². The van der Waals surface area contributed by atoms with Crippen LogP contribution in [0.4, 0.5) is 5.00 Å². The molecule has 0 bridgehead atoms. The molecule has 15 heavy (non-hydrogen) atoms. The average Bonchev–Trinajstić information content (AvgIpc) is 2.61. The fourth-order valence-corrected chi connectivity index (χ4v) is 2.77. The minimum Gasteiger partial charge on any atom is -0.378 e. The lowest BCUT2D eigenvalue weighted by atomic mass is 10.3. The van der Waals surface area contributed by atoms with Gasteiger partial charge in [-0.2, -0.15) is 4.37 Å². The number of carbonyl (C=O) groups is 1. The molecule has 0 unspecified atom stereocenters. The van der Waals surface area contributed by atoms with E-state index in [4.69, 9.17) is 16.3 Å². The Labute approximate surface area is 97.0 Å². The van der Waals surface area contributed by atoms with Crippen LogP contribution in [0.2, 0.25) is 5.02 Å². The Kier molecular flexibility index (Phi) is 3.23. The molecule has 1 aliphatic rings. The number of hydrogen-bond acceptors (Lipinski definition) is 5. The van der Waals surface area contributed by atoms with Crippen LogP contribution in [0.25, 0.3) is 0 Å². The molecule has 0 spiro atoms. The van der Waals surface area contributed by atoms with Gasteiger partial charge in [-0.25, -0.2) is 0 Å². The Morgan fingerprint density at radius 1 is 1.53 bits per heavy atom. The number of nitrogens with zero attached hydrogens (tertiary/aromatic N) is 2. The maximum absolute atomic E-state index is 11.2. The summed E-state index contributed by atoms with van der Waals surface area (Å²) < 4.78 is 9.32. The summed E-state index contributed by atoms with van der Waals surface area (Å²) in [5.74, 6) is -0.0873. The van der Waals surface area contributed by atoms with Crippen molar-refractivity contribution in [3.8, 4) is 0 Å². The molecule has 0 N–H and O–H groups in total. The predicted molar refractivity (Wildman–Crippen MR) is 60.2 cm³/mol. The first-order chi connectivity index (χ1) is 7.20. The van der Waals surface area contributed by atoms with Crippen LogP contribution in [0.3, 0.4) is 0 Å². The number of aromatic nitrogens is 1. The molecule has 0 saturated carbocycles. The molecule has 1 fully saturated rings. The number of Topliss-reactive ketones (excluding diaryl/α,β-unsaturated/α-hetero) is 1. The van der Waals surface area contributed by atoms with Crippen molar-refractivity contribution in [2.24, 2.45) is 0 Å². The Bertz CT molecular complexity index is 374. The summed E-state index contributed by atoms with van der Waals surface area (Å²) in [6.07, 6.45) is 0. The molecule has 82 valence electrons. The molecule has 6 heteroatoms. The molecule has 2 rings (SSSR count). The highest BCUT2D eigenvalue weighted by molar-refractivity contribution is 7.11. The van der Waals surface area contributed by atoms with Gasteiger partial charge in [0.25, 0.3) is 0 Å². The first-order valence-electron chi connectivity index (χ1n) is 4.69. The van der Waals surface area contributed by atoms with Crippen molar-refractivity contribution in [3.05, 3.63) is 10.7 Å². The van der Waals surface area contributed by atoms with Crippen LogP contribution in [0.5, 0.6) is 0 Å². The Morgan fingerprint density at radius 3 is 2.73 bits per heavy atom. The van der Waals surface area contributed by atoms with E-state index < -0.39 is 0 Å². The maximum Gasteiger partial charge on any atom is 0.180 e. The zero-order valence-corrected chi connectivity index (χ0v) is 9.90. The molecule has 1 aliphatic heterocycles. The summed E-state index contributed by atoms with van der Waals surface area (Å²) in [5, 5.41) is 1.36. The number of ether oxygens (including phenoxy) is 1. The zero-order chi connectivity index (χ0) is 10.8. The lowest BCUT2D eigenvalue weighted by molar-refractivity contribution is 0.101. The van der Waals surface area contributed by atoms with Crippen molar-refractivity contribution in [2.45, 2.75) is 6.92 Å². The van der Waals surface area contributed by atoms with Crippen molar-refractivity contribution >= 4 is 33.9 Å². The number of ketones is 1. The molecule has 0 radical (unpaired) electrons. The number of morpholine rings is 1. The number of anilines is 1. The first-order valence-corrected chi connectivity index (χ1v) is 5.84. The lowest BCUT2D eigenvalue weighted by Crippen LogP contribution is -2.35. The van der Waals surface area contributed by atoms with E-state index in [0.29, 0.717) is 23.9 Å². The van der Waals surface area contributed by atoms with Crippen LogP contribution >= 0.6 is 23.1 Å². The number of carbonyl (C=O) groups excluding carboxylic acids is 1. The summed E-state index contributed by atoms with van der Waals surface area (Å²) in [4.78, 5) is 13.3. The number of halogens is 1. The number of rotatable bonds is 2. The summed E-state index contributed by atoms with van der Waals surface area (Å²) in [5.41, 5.74) is 0.378. The highest BCUT2D eigenvalue weighted by atomic mass is 35.5. The normalized spacial score (nSPS) is 16.8. The quantitative estimate of drug-likeness (QED) is 0.747. The van der Waals surface area contributed by atoms with E-state index in [1.807, 2.05) is 0 Å². The number of hydrogen-bond donors (Lipinski definition) is 0. The van der Waals surface area contributed by atoms with Gasteiger partial charge in [0.15, 0.2) is 5.78 Å². The zero-order valence-electron chi connectivity index (χ0n) is 8.33. The van der Waals surface area contributed by atoms with Gasteiger partial charge in [0.05, 0.1) is 13.2 Å². The molecule has 4 nitrogen and oxygen atoms in total. The van der Waals surface area contributed by atoms with E-state index in [-0.39, 0.29) is 5.78 Å². The van der Waals surface area contributed by atoms with E-state index in [0.717, 1.165) is 18.1 Å². The topological polar surface area (TPSA) is 42.4 Å². The highest BCUT2D eigenvalue weighted by Gasteiger charge is 2.21. The molecule has 0 atom stereocenters. The van der Waals surface area contributed by atoms with Crippen molar-refractivity contribution in [3.63, 3.8) is 0 Å². The standard InChI is InChI=1S/C9H11ClN2O2S/c1-6(13)8-7(10)9(15-11-8)12-2-4-14-5-3-12/h2-5H2,1H3. The molecule has 1 saturated heterocycles. The summed E-state index contributed by atoms with van der Waals surface area (Å²) in [6.45, 7) is 4.48. The minimum atomic E-state index is -0.0873. The lowest BCUT2D eigenvalue weighted by Gasteiger charge is -2.27. The highest BCUT2D eigenvalue weighted by Crippen LogP contribution is 2.34. The molecule has 0 aliphatic carbocycles. The second-order valence-corrected chi connectivity index (χ2v) is 4.44. The monoisotopic (exact) mass is 246 g/mol. The minimum absolute atomic E-state index is 0.0873. The van der Waals surface area contributed by atoms with Gasteiger partial charge in [-0.3, -0.25) is 4.79 Å². The van der Waals surface area contributed by atoms with Crippen molar-refractivity contribution in [2.75, 3.05) is 31.2 Å². The fraction of sp³-hybridized carbons (Fsp3) is 0.556. The third kappa shape index (κ3) is 2.14. The van der Waals surface area contributed by atoms with Crippen LogP contribution < -0.4 is 4.90 Å². The van der Waals surface area contributed by atoms with Crippen molar-refractivity contribution in [1.82, 2.24) is 4.37 Å². The van der Waals surface area contributed by atoms with Crippen LogP contribution in [-0.4, -0.2) is 36.5 Å². The van der Waals surface area contributed by atoms with Crippen LogP contribution in [-0.2, 0) is 4.74 Å². The smallest absolute Gasteiger partial charge is 0.180 e. The molecule has 0 amide bonds. The van der Waals surface area contributed by atoms with Gasteiger partial charge in [0, 0.05) is 20.0 Å².